The summed E-state index contributed by atoms with van der Waals surface area (Å²) in [5.41, 5.74) is 4.34. The van der Waals surface area contributed by atoms with E-state index in [-0.39, 0.29) is 0 Å². The van der Waals surface area contributed by atoms with Crippen LogP contribution in [0.2, 0.25) is 0 Å². The van der Waals surface area contributed by atoms with Crippen molar-refractivity contribution >= 4 is 11.8 Å². The standard InChI is InChI=1S/C18H22O2S/c1-12-6-5-7-15(8-12)21-11-17(19)16-9-14(3)18(20-4)10-13(16)2/h5-10,17,19H,11H2,1-4H3. The lowest BCUT2D eigenvalue weighted by atomic mass is 10.0. The van der Waals surface area contributed by atoms with E-state index in [4.69, 9.17) is 4.74 Å². The van der Waals surface area contributed by atoms with Gasteiger partial charge in [-0.25, -0.2) is 0 Å². The molecule has 0 amide bonds. The first-order chi connectivity index (χ1) is 10.0. The fourth-order valence-corrected chi connectivity index (χ4v) is 3.33. The molecule has 0 aliphatic rings. The second-order valence-electron chi connectivity index (χ2n) is 5.32. The summed E-state index contributed by atoms with van der Waals surface area (Å²) >= 11 is 1.68. The van der Waals surface area contributed by atoms with Gasteiger partial charge in [-0.3, -0.25) is 0 Å². The van der Waals surface area contributed by atoms with Crippen LogP contribution in [-0.4, -0.2) is 18.0 Å². The monoisotopic (exact) mass is 302 g/mol. The molecule has 0 fully saturated rings. The van der Waals surface area contributed by atoms with Gasteiger partial charge < -0.3 is 9.84 Å². The Morgan fingerprint density at radius 2 is 1.86 bits per heavy atom. The van der Waals surface area contributed by atoms with Crippen molar-refractivity contribution in [3.63, 3.8) is 0 Å². The Balaban J connectivity index is 2.10. The van der Waals surface area contributed by atoms with Crippen LogP contribution in [0.15, 0.2) is 41.3 Å². The lowest BCUT2D eigenvalue weighted by molar-refractivity contribution is 0.203. The predicted octanol–water partition coefficient (Wildman–Crippen LogP) is 4.45. The van der Waals surface area contributed by atoms with E-state index in [0.717, 1.165) is 22.4 Å². The van der Waals surface area contributed by atoms with E-state index in [2.05, 4.69) is 25.1 Å². The molecular formula is C18H22O2S. The Labute approximate surface area is 131 Å². The Hall–Kier alpha value is -1.45. The fraction of sp³-hybridized carbons (Fsp3) is 0.333. The highest BCUT2D eigenvalue weighted by Crippen LogP contribution is 2.30. The van der Waals surface area contributed by atoms with Gasteiger partial charge in [0.2, 0.25) is 0 Å². The molecule has 2 rings (SSSR count). The first-order valence-electron chi connectivity index (χ1n) is 7.04. The smallest absolute Gasteiger partial charge is 0.122 e. The zero-order valence-corrected chi connectivity index (χ0v) is 13.8. The number of thioether (sulfide) groups is 1. The fourth-order valence-electron chi connectivity index (χ4n) is 2.36. The Morgan fingerprint density at radius 3 is 2.52 bits per heavy atom. The Kier molecular flexibility index (Phi) is 5.32. The largest absolute Gasteiger partial charge is 0.496 e. The molecule has 2 aromatic rings. The van der Waals surface area contributed by atoms with Gasteiger partial charge in [0.1, 0.15) is 5.75 Å². The minimum atomic E-state index is -0.472. The normalized spacial score (nSPS) is 12.2. The number of rotatable bonds is 5. The number of hydrogen-bond donors (Lipinski definition) is 1. The van der Waals surface area contributed by atoms with Crippen LogP contribution < -0.4 is 4.74 Å². The third-order valence-electron chi connectivity index (χ3n) is 3.54. The van der Waals surface area contributed by atoms with Crippen LogP contribution >= 0.6 is 11.8 Å². The topological polar surface area (TPSA) is 29.5 Å². The van der Waals surface area contributed by atoms with Crippen LogP contribution in [-0.2, 0) is 0 Å². The quantitative estimate of drug-likeness (QED) is 0.828. The second-order valence-corrected chi connectivity index (χ2v) is 6.42. The van der Waals surface area contributed by atoms with E-state index < -0.39 is 6.10 Å². The molecule has 2 nitrogen and oxygen atoms in total. The maximum absolute atomic E-state index is 10.5. The molecule has 3 heteroatoms. The van der Waals surface area contributed by atoms with E-state index in [9.17, 15) is 5.11 Å². The molecule has 0 bridgehead atoms. The molecule has 0 aliphatic heterocycles. The third-order valence-corrected chi connectivity index (χ3v) is 4.61. The number of hydrogen-bond acceptors (Lipinski definition) is 3. The first kappa shape index (κ1) is 15.9. The molecule has 0 spiro atoms. The SMILES string of the molecule is COc1cc(C)c(C(O)CSc2cccc(C)c2)cc1C. The summed E-state index contributed by atoms with van der Waals surface area (Å²) in [7, 11) is 1.67. The highest BCUT2D eigenvalue weighted by Gasteiger charge is 2.13. The van der Waals surface area contributed by atoms with Gasteiger partial charge in [-0.2, -0.15) is 0 Å². The van der Waals surface area contributed by atoms with Crippen LogP contribution in [0.1, 0.15) is 28.4 Å². The van der Waals surface area contributed by atoms with Gasteiger partial charge in [-0.1, -0.05) is 17.7 Å². The molecular weight excluding hydrogens is 280 g/mol. The maximum atomic E-state index is 10.5. The molecule has 0 radical (unpaired) electrons. The molecule has 2 aromatic carbocycles. The summed E-state index contributed by atoms with van der Waals surface area (Å²) in [6.07, 6.45) is -0.472. The van der Waals surface area contributed by atoms with Crippen molar-refractivity contribution in [3.8, 4) is 5.75 Å². The lowest BCUT2D eigenvalue weighted by Crippen LogP contribution is -2.04. The van der Waals surface area contributed by atoms with E-state index in [1.54, 1.807) is 18.9 Å². The summed E-state index contributed by atoms with van der Waals surface area (Å²) < 4.78 is 5.32. The predicted molar refractivity (Wildman–Crippen MR) is 89.3 cm³/mol. The number of aliphatic hydroxyl groups excluding tert-OH is 1. The van der Waals surface area contributed by atoms with E-state index >= 15 is 0 Å². The highest BCUT2D eigenvalue weighted by atomic mass is 32.2. The summed E-state index contributed by atoms with van der Waals surface area (Å²) in [6, 6.07) is 12.4. The van der Waals surface area contributed by atoms with Crippen LogP contribution in [0.5, 0.6) is 5.75 Å². The Morgan fingerprint density at radius 1 is 1.10 bits per heavy atom. The molecule has 0 saturated carbocycles. The first-order valence-corrected chi connectivity index (χ1v) is 8.02. The average Bonchev–Trinajstić information content (AvgIpc) is 2.46. The second kappa shape index (κ2) is 7.01. The van der Waals surface area contributed by atoms with Crippen LogP contribution in [0.25, 0.3) is 0 Å². The molecule has 1 unspecified atom stereocenters. The number of aryl methyl sites for hydroxylation is 3. The molecule has 0 heterocycles. The third kappa shape index (κ3) is 4.02. The Bertz CT molecular complexity index is 623. The van der Waals surface area contributed by atoms with Crippen molar-refractivity contribution in [1.29, 1.82) is 0 Å². The summed E-state index contributed by atoms with van der Waals surface area (Å²) in [4.78, 5) is 1.19. The molecule has 21 heavy (non-hydrogen) atoms. The van der Waals surface area contributed by atoms with Gasteiger partial charge in [-0.15, -0.1) is 11.8 Å². The average molecular weight is 302 g/mol. The van der Waals surface area contributed by atoms with Gasteiger partial charge in [0.15, 0.2) is 0 Å². The number of benzene rings is 2. The maximum Gasteiger partial charge on any atom is 0.122 e. The van der Waals surface area contributed by atoms with Crippen molar-refractivity contribution < 1.29 is 9.84 Å². The van der Waals surface area contributed by atoms with Gasteiger partial charge in [-0.05, 0) is 61.7 Å². The lowest BCUT2D eigenvalue weighted by Gasteiger charge is -2.16. The van der Waals surface area contributed by atoms with Crippen molar-refractivity contribution in [1.82, 2.24) is 0 Å². The van der Waals surface area contributed by atoms with Gasteiger partial charge in [0.25, 0.3) is 0 Å². The number of ether oxygens (including phenoxy) is 1. The van der Waals surface area contributed by atoms with Crippen molar-refractivity contribution in [2.45, 2.75) is 31.8 Å². The summed E-state index contributed by atoms with van der Waals surface area (Å²) in [5, 5.41) is 10.5. The molecule has 0 aliphatic carbocycles. The summed E-state index contributed by atoms with van der Waals surface area (Å²) in [5.74, 6) is 1.52. The van der Waals surface area contributed by atoms with Crippen LogP contribution in [0, 0.1) is 20.8 Å². The van der Waals surface area contributed by atoms with Gasteiger partial charge in [0, 0.05) is 10.6 Å². The van der Waals surface area contributed by atoms with Crippen LogP contribution in [0.4, 0.5) is 0 Å². The minimum absolute atomic E-state index is 0.472. The summed E-state index contributed by atoms with van der Waals surface area (Å²) in [6.45, 7) is 6.09. The zero-order valence-electron chi connectivity index (χ0n) is 13.0. The minimum Gasteiger partial charge on any atom is -0.496 e. The molecule has 112 valence electrons. The van der Waals surface area contributed by atoms with E-state index in [0.29, 0.717) is 5.75 Å². The van der Waals surface area contributed by atoms with Gasteiger partial charge >= 0.3 is 0 Å². The molecule has 0 saturated heterocycles. The van der Waals surface area contributed by atoms with Gasteiger partial charge in [0.05, 0.1) is 13.2 Å². The zero-order chi connectivity index (χ0) is 15.4. The number of aliphatic hydroxyl groups is 1. The highest BCUT2D eigenvalue weighted by molar-refractivity contribution is 7.99. The molecule has 1 atom stereocenters. The van der Waals surface area contributed by atoms with Crippen LogP contribution in [0.3, 0.4) is 0 Å². The van der Waals surface area contributed by atoms with E-state index in [1.807, 2.05) is 32.0 Å². The van der Waals surface area contributed by atoms with Crippen molar-refractivity contribution in [2.75, 3.05) is 12.9 Å². The van der Waals surface area contributed by atoms with Crippen molar-refractivity contribution in [2.24, 2.45) is 0 Å². The molecule has 1 N–H and O–H groups in total. The molecule has 0 aromatic heterocycles. The number of methoxy groups -OCH3 is 1. The van der Waals surface area contributed by atoms with Crippen molar-refractivity contribution in [3.05, 3.63) is 58.7 Å². The van der Waals surface area contributed by atoms with E-state index in [1.165, 1.54) is 10.5 Å².